The zero-order valence-electron chi connectivity index (χ0n) is 15.3. The SMILES string of the molecule is COc1cccc(C(NC(=O)C2CCC(N)C2)c2cccc(OC)c2)c1. The van der Waals surface area contributed by atoms with Crippen molar-refractivity contribution >= 4 is 5.91 Å². The predicted molar refractivity (Wildman–Crippen MR) is 101 cm³/mol. The van der Waals surface area contributed by atoms with Crippen LogP contribution in [0.1, 0.15) is 36.4 Å². The Morgan fingerprint density at radius 3 is 2.08 bits per heavy atom. The minimum atomic E-state index is -0.274. The van der Waals surface area contributed by atoms with Gasteiger partial charge in [0.25, 0.3) is 0 Å². The Kier molecular flexibility index (Phi) is 5.78. The first-order valence-electron chi connectivity index (χ1n) is 8.94. The number of hydrogen-bond acceptors (Lipinski definition) is 4. The highest BCUT2D eigenvalue weighted by Gasteiger charge is 2.30. The largest absolute Gasteiger partial charge is 0.497 e. The minimum Gasteiger partial charge on any atom is -0.497 e. The van der Waals surface area contributed by atoms with Crippen molar-refractivity contribution in [2.45, 2.75) is 31.3 Å². The second-order valence-corrected chi connectivity index (χ2v) is 6.76. The standard InChI is InChI=1S/C21H26N2O3/c1-25-18-7-3-5-14(12-18)20(15-6-4-8-19(13-15)26-2)23-21(24)16-9-10-17(22)11-16/h3-8,12-13,16-17,20H,9-11,22H2,1-2H3,(H,23,24). The van der Waals surface area contributed by atoms with Crippen LogP contribution in [-0.4, -0.2) is 26.2 Å². The molecule has 0 radical (unpaired) electrons. The summed E-state index contributed by atoms with van der Waals surface area (Å²) in [7, 11) is 3.27. The molecule has 2 atom stereocenters. The van der Waals surface area contributed by atoms with Gasteiger partial charge in [-0.05, 0) is 54.7 Å². The number of ether oxygens (including phenoxy) is 2. The van der Waals surface area contributed by atoms with Crippen molar-refractivity contribution in [1.29, 1.82) is 0 Å². The lowest BCUT2D eigenvalue weighted by Gasteiger charge is -2.23. The van der Waals surface area contributed by atoms with E-state index in [4.69, 9.17) is 15.2 Å². The summed E-state index contributed by atoms with van der Waals surface area (Å²) in [6.45, 7) is 0. The summed E-state index contributed by atoms with van der Waals surface area (Å²) in [6, 6.07) is 15.4. The monoisotopic (exact) mass is 354 g/mol. The summed E-state index contributed by atoms with van der Waals surface area (Å²) in [6.07, 6.45) is 2.49. The zero-order chi connectivity index (χ0) is 18.5. The number of carbonyl (C=O) groups excluding carboxylic acids is 1. The normalized spacial score (nSPS) is 19.4. The Hall–Kier alpha value is -2.53. The van der Waals surface area contributed by atoms with Gasteiger partial charge in [0.15, 0.2) is 0 Å². The minimum absolute atomic E-state index is 0.0243. The summed E-state index contributed by atoms with van der Waals surface area (Å²) in [4.78, 5) is 12.8. The number of nitrogens with one attached hydrogen (secondary N) is 1. The molecule has 26 heavy (non-hydrogen) atoms. The summed E-state index contributed by atoms with van der Waals surface area (Å²) in [5.41, 5.74) is 7.91. The quantitative estimate of drug-likeness (QED) is 0.836. The van der Waals surface area contributed by atoms with Gasteiger partial charge < -0.3 is 20.5 Å². The topological polar surface area (TPSA) is 73.6 Å². The lowest BCUT2D eigenvalue weighted by atomic mass is 9.96. The molecule has 2 aromatic rings. The van der Waals surface area contributed by atoms with Crippen LogP contribution in [0.25, 0.3) is 0 Å². The van der Waals surface area contributed by atoms with E-state index in [1.54, 1.807) is 14.2 Å². The van der Waals surface area contributed by atoms with E-state index in [1.165, 1.54) is 0 Å². The third kappa shape index (κ3) is 4.17. The molecule has 3 N–H and O–H groups in total. The molecule has 0 aromatic heterocycles. The third-order valence-electron chi connectivity index (χ3n) is 4.98. The molecule has 1 aliphatic carbocycles. The van der Waals surface area contributed by atoms with Gasteiger partial charge in [0.05, 0.1) is 20.3 Å². The summed E-state index contributed by atoms with van der Waals surface area (Å²) in [5.74, 6) is 1.54. The average molecular weight is 354 g/mol. The molecule has 138 valence electrons. The number of amides is 1. The van der Waals surface area contributed by atoms with E-state index >= 15 is 0 Å². The van der Waals surface area contributed by atoms with E-state index in [9.17, 15) is 4.79 Å². The highest BCUT2D eigenvalue weighted by Crippen LogP contribution is 2.30. The van der Waals surface area contributed by atoms with Gasteiger partial charge in [0.1, 0.15) is 11.5 Å². The molecule has 0 saturated heterocycles. The van der Waals surface area contributed by atoms with Gasteiger partial charge in [-0.25, -0.2) is 0 Å². The van der Waals surface area contributed by atoms with Crippen LogP contribution in [0.3, 0.4) is 0 Å². The summed E-state index contributed by atoms with van der Waals surface area (Å²) >= 11 is 0. The lowest BCUT2D eigenvalue weighted by molar-refractivity contribution is -0.125. The number of methoxy groups -OCH3 is 2. The van der Waals surface area contributed by atoms with Crippen LogP contribution < -0.4 is 20.5 Å². The molecule has 5 nitrogen and oxygen atoms in total. The Labute approximate surface area is 154 Å². The molecular weight excluding hydrogens is 328 g/mol. The number of carbonyl (C=O) groups is 1. The molecule has 0 bridgehead atoms. The number of nitrogens with two attached hydrogens (primary N) is 1. The average Bonchev–Trinajstić information content (AvgIpc) is 3.12. The van der Waals surface area contributed by atoms with Crippen molar-refractivity contribution in [1.82, 2.24) is 5.32 Å². The molecule has 5 heteroatoms. The molecule has 1 fully saturated rings. The van der Waals surface area contributed by atoms with E-state index in [2.05, 4.69) is 5.32 Å². The molecule has 1 aliphatic rings. The molecule has 1 saturated carbocycles. The fourth-order valence-electron chi connectivity index (χ4n) is 3.52. The molecule has 2 aromatic carbocycles. The van der Waals surface area contributed by atoms with Gasteiger partial charge in [-0.1, -0.05) is 24.3 Å². The van der Waals surface area contributed by atoms with Crippen LogP contribution >= 0.6 is 0 Å². The smallest absolute Gasteiger partial charge is 0.223 e. The number of benzene rings is 2. The van der Waals surface area contributed by atoms with E-state index in [-0.39, 0.29) is 23.9 Å². The van der Waals surface area contributed by atoms with Crippen LogP contribution in [-0.2, 0) is 4.79 Å². The Bertz CT molecular complexity index is 715. The molecule has 1 amide bonds. The van der Waals surface area contributed by atoms with Gasteiger partial charge in [0.2, 0.25) is 5.91 Å². The van der Waals surface area contributed by atoms with Crippen LogP contribution in [0.2, 0.25) is 0 Å². The Balaban J connectivity index is 1.91. The van der Waals surface area contributed by atoms with Crippen molar-refractivity contribution in [3.63, 3.8) is 0 Å². The van der Waals surface area contributed by atoms with Crippen molar-refractivity contribution in [3.8, 4) is 11.5 Å². The maximum atomic E-state index is 12.8. The first kappa shape index (κ1) is 18.3. The Morgan fingerprint density at radius 2 is 1.62 bits per heavy atom. The van der Waals surface area contributed by atoms with Crippen LogP contribution in [0.4, 0.5) is 0 Å². The van der Waals surface area contributed by atoms with Gasteiger partial charge in [-0.2, -0.15) is 0 Å². The molecule has 0 heterocycles. The molecule has 0 spiro atoms. The zero-order valence-corrected chi connectivity index (χ0v) is 15.3. The Morgan fingerprint density at radius 1 is 1.04 bits per heavy atom. The molecule has 2 unspecified atom stereocenters. The summed E-state index contributed by atoms with van der Waals surface area (Å²) < 4.78 is 10.7. The first-order valence-corrected chi connectivity index (χ1v) is 8.94. The van der Waals surface area contributed by atoms with Gasteiger partial charge in [-0.3, -0.25) is 4.79 Å². The third-order valence-corrected chi connectivity index (χ3v) is 4.98. The van der Waals surface area contributed by atoms with Crippen LogP contribution in [0.15, 0.2) is 48.5 Å². The van der Waals surface area contributed by atoms with Crippen molar-refractivity contribution in [2.75, 3.05) is 14.2 Å². The maximum Gasteiger partial charge on any atom is 0.223 e. The first-order chi connectivity index (χ1) is 12.6. The second kappa shape index (κ2) is 8.23. The van der Waals surface area contributed by atoms with Crippen molar-refractivity contribution in [2.24, 2.45) is 11.7 Å². The van der Waals surface area contributed by atoms with E-state index in [0.717, 1.165) is 41.9 Å². The lowest BCUT2D eigenvalue weighted by Crippen LogP contribution is -2.34. The number of hydrogen-bond donors (Lipinski definition) is 2. The fraction of sp³-hybridized carbons (Fsp3) is 0.381. The fourth-order valence-corrected chi connectivity index (χ4v) is 3.52. The van der Waals surface area contributed by atoms with E-state index in [0.29, 0.717) is 0 Å². The summed E-state index contributed by atoms with van der Waals surface area (Å²) in [5, 5.41) is 3.21. The van der Waals surface area contributed by atoms with Gasteiger partial charge in [0, 0.05) is 12.0 Å². The molecular formula is C21H26N2O3. The van der Waals surface area contributed by atoms with Crippen molar-refractivity contribution < 1.29 is 14.3 Å². The highest BCUT2D eigenvalue weighted by atomic mass is 16.5. The van der Waals surface area contributed by atoms with E-state index < -0.39 is 0 Å². The molecule has 0 aliphatic heterocycles. The van der Waals surface area contributed by atoms with Gasteiger partial charge in [-0.15, -0.1) is 0 Å². The maximum absolute atomic E-state index is 12.8. The highest BCUT2D eigenvalue weighted by molar-refractivity contribution is 5.80. The van der Waals surface area contributed by atoms with Crippen LogP contribution in [0, 0.1) is 5.92 Å². The predicted octanol–water partition coefficient (Wildman–Crippen LogP) is 3.04. The number of rotatable bonds is 6. The molecule has 3 rings (SSSR count). The van der Waals surface area contributed by atoms with Crippen molar-refractivity contribution in [3.05, 3.63) is 59.7 Å². The second-order valence-electron chi connectivity index (χ2n) is 6.76. The van der Waals surface area contributed by atoms with E-state index in [1.807, 2.05) is 48.5 Å². The van der Waals surface area contributed by atoms with Gasteiger partial charge >= 0.3 is 0 Å². The van der Waals surface area contributed by atoms with Crippen LogP contribution in [0.5, 0.6) is 11.5 Å².